The Balaban J connectivity index is 2.10. The lowest BCUT2D eigenvalue weighted by Crippen LogP contribution is -2.19. The van der Waals surface area contributed by atoms with Crippen molar-refractivity contribution in [3.8, 4) is 5.69 Å². The summed E-state index contributed by atoms with van der Waals surface area (Å²) < 4.78 is 1.87. The van der Waals surface area contributed by atoms with Crippen LogP contribution in [0.3, 0.4) is 0 Å². The highest BCUT2D eigenvalue weighted by molar-refractivity contribution is 5.55. The predicted molar refractivity (Wildman–Crippen MR) is 89.5 cm³/mol. The summed E-state index contributed by atoms with van der Waals surface area (Å²) in [5.41, 5.74) is 3.77. The van der Waals surface area contributed by atoms with Crippen LogP contribution in [0.25, 0.3) is 11.8 Å². The first-order valence-electron chi connectivity index (χ1n) is 7.72. The van der Waals surface area contributed by atoms with E-state index in [0.29, 0.717) is 5.92 Å². The summed E-state index contributed by atoms with van der Waals surface area (Å²) in [4.78, 5) is 0. The van der Waals surface area contributed by atoms with Crippen LogP contribution in [0.5, 0.6) is 0 Å². The molecule has 0 saturated heterocycles. The van der Waals surface area contributed by atoms with Crippen molar-refractivity contribution < 1.29 is 0 Å². The second kappa shape index (κ2) is 7.79. The number of hydrogen-bond donors (Lipinski definition) is 1. The number of nitrogens with zero attached hydrogens (tertiary/aromatic N) is 2. The van der Waals surface area contributed by atoms with Crippen LogP contribution >= 0.6 is 0 Å². The molecule has 1 aromatic carbocycles. The van der Waals surface area contributed by atoms with Crippen molar-refractivity contribution in [3.63, 3.8) is 0 Å². The molecule has 0 radical (unpaired) electrons. The van der Waals surface area contributed by atoms with Gasteiger partial charge in [0.25, 0.3) is 0 Å². The zero-order valence-electron chi connectivity index (χ0n) is 13.2. The van der Waals surface area contributed by atoms with Crippen molar-refractivity contribution in [2.75, 3.05) is 13.1 Å². The molecule has 2 rings (SSSR count). The van der Waals surface area contributed by atoms with Gasteiger partial charge in [-0.25, -0.2) is 4.68 Å². The molecule has 3 heteroatoms. The molecule has 0 saturated carbocycles. The van der Waals surface area contributed by atoms with Gasteiger partial charge in [0.1, 0.15) is 0 Å². The second-order valence-electron chi connectivity index (χ2n) is 5.59. The van der Waals surface area contributed by atoms with Gasteiger partial charge >= 0.3 is 0 Å². The summed E-state index contributed by atoms with van der Waals surface area (Å²) in [6.45, 7) is 8.73. The van der Waals surface area contributed by atoms with Gasteiger partial charge in [0, 0.05) is 18.9 Å². The Bertz CT molecular complexity index is 551. The molecule has 0 aliphatic rings. The molecule has 3 nitrogen and oxygen atoms in total. The number of benzene rings is 1. The van der Waals surface area contributed by atoms with Gasteiger partial charge in [-0.1, -0.05) is 44.6 Å². The lowest BCUT2D eigenvalue weighted by Gasteiger charge is -2.13. The summed E-state index contributed by atoms with van der Waals surface area (Å²) in [7, 11) is 0. The fourth-order valence-corrected chi connectivity index (χ4v) is 2.19. The molecule has 1 N–H and O–H groups in total. The van der Waals surface area contributed by atoms with Crippen LogP contribution in [-0.2, 0) is 0 Å². The minimum absolute atomic E-state index is 0.556. The van der Waals surface area contributed by atoms with Crippen LogP contribution in [0.1, 0.15) is 32.8 Å². The zero-order chi connectivity index (χ0) is 15.1. The van der Waals surface area contributed by atoms with Crippen molar-refractivity contribution >= 4 is 6.08 Å². The van der Waals surface area contributed by atoms with Gasteiger partial charge in [0.2, 0.25) is 0 Å². The number of nitrogens with one attached hydrogen (secondary N) is 1. The Morgan fingerprint density at radius 1 is 1.29 bits per heavy atom. The third-order valence-corrected chi connectivity index (χ3v) is 3.51. The molecule has 0 bridgehead atoms. The van der Waals surface area contributed by atoms with E-state index < -0.39 is 0 Å². The van der Waals surface area contributed by atoms with E-state index >= 15 is 0 Å². The second-order valence-corrected chi connectivity index (χ2v) is 5.59. The molecule has 0 unspecified atom stereocenters. The number of rotatable bonds is 7. The molecule has 112 valence electrons. The first kappa shape index (κ1) is 15.5. The van der Waals surface area contributed by atoms with Crippen molar-refractivity contribution in [1.82, 2.24) is 15.1 Å². The maximum Gasteiger partial charge on any atom is 0.0645 e. The normalized spacial score (nSPS) is 12.1. The van der Waals surface area contributed by atoms with Gasteiger partial charge in [-0.15, -0.1) is 0 Å². The van der Waals surface area contributed by atoms with Crippen LogP contribution in [0.2, 0.25) is 0 Å². The molecule has 0 aliphatic carbocycles. The Hall–Kier alpha value is -1.87. The Morgan fingerprint density at radius 3 is 2.62 bits per heavy atom. The minimum atomic E-state index is 0.556. The van der Waals surface area contributed by atoms with Gasteiger partial charge in [0.05, 0.1) is 5.69 Å². The largest absolute Gasteiger partial charge is 0.313 e. The van der Waals surface area contributed by atoms with Crippen LogP contribution < -0.4 is 5.32 Å². The quantitative estimate of drug-likeness (QED) is 0.781. The monoisotopic (exact) mass is 283 g/mol. The zero-order valence-corrected chi connectivity index (χ0v) is 13.2. The summed E-state index contributed by atoms with van der Waals surface area (Å²) in [5.74, 6) is 0.556. The highest BCUT2D eigenvalue weighted by Crippen LogP contribution is 2.16. The predicted octanol–water partition coefficient (Wildman–Crippen LogP) is 3.91. The van der Waals surface area contributed by atoms with Crippen molar-refractivity contribution in [3.05, 3.63) is 53.9 Å². The molecular weight excluding hydrogens is 258 g/mol. The Kier molecular flexibility index (Phi) is 5.76. The fourth-order valence-electron chi connectivity index (χ4n) is 2.19. The molecule has 1 heterocycles. The smallest absolute Gasteiger partial charge is 0.0645 e. The molecule has 0 amide bonds. The fraction of sp³-hybridized carbons (Fsp3) is 0.389. The van der Waals surface area contributed by atoms with Gasteiger partial charge < -0.3 is 5.32 Å². The SMILES string of the molecule is CCCNCC(=Cc1ccc(-n2cccn2)cc1)C(C)C. The minimum Gasteiger partial charge on any atom is -0.313 e. The lowest BCUT2D eigenvalue weighted by atomic mass is 10.00. The van der Waals surface area contributed by atoms with Crippen LogP contribution in [0.4, 0.5) is 0 Å². The Labute approximate surface area is 127 Å². The third-order valence-electron chi connectivity index (χ3n) is 3.51. The molecule has 21 heavy (non-hydrogen) atoms. The van der Waals surface area contributed by atoms with E-state index in [1.165, 1.54) is 17.6 Å². The van der Waals surface area contributed by atoms with Gasteiger partial charge in [-0.05, 0) is 42.6 Å². The topological polar surface area (TPSA) is 29.9 Å². The van der Waals surface area contributed by atoms with E-state index in [-0.39, 0.29) is 0 Å². The van der Waals surface area contributed by atoms with Crippen molar-refractivity contribution in [1.29, 1.82) is 0 Å². The summed E-state index contributed by atoms with van der Waals surface area (Å²) in [6, 6.07) is 10.5. The van der Waals surface area contributed by atoms with Gasteiger partial charge in [-0.3, -0.25) is 0 Å². The van der Waals surface area contributed by atoms with E-state index in [0.717, 1.165) is 18.8 Å². The summed E-state index contributed by atoms with van der Waals surface area (Å²) in [5, 5.41) is 7.73. The van der Waals surface area contributed by atoms with Gasteiger partial charge in [0.15, 0.2) is 0 Å². The highest BCUT2D eigenvalue weighted by Gasteiger charge is 2.03. The van der Waals surface area contributed by atoms with Crippen LogP contribution in [0, 0.1) is 5.92 Å². The average Bonchev–Trinajstić information content (AvgIpc) is 3.01. The van der Waals surface area contributed by atoms with Crippen molar-refractivity contribution in [2.45, 2.75) is 27.2 Å². The van der Waals surface area contributed by atoms with Crippen LogP contribution in [0.15, 0.2) is 48.3 Å². The average molecular weight is 283 g/mol. The maximum absolute atomic E-state index is 4.25. The molecule has 0 fully saturated rings. The van der Waals surface area contributed by atoms with Crippen molar-refractivity contribution in [2.24, 2.45) is 5.92 Å². The summed E-state index contributed by atoms with van der Waals surface area (Å²) >= 11 is 0. The summed E-state index contributed by atoms with van der Waals surface area (Å²) in [6.07, 6.45) is 7.22. The number of hydrogen-bond acceptors (Lipinski definition) is 2. The number of aromatic nitrogens is 2. The molecule has 0 atom stereocenters. The molecule has 0 aliphatic heterocycles. The first-order chi connectivity index (χ1) is 10.2. The molecule has 2 aromatic rings. The van der Waals surface area contributed by atoms with E-state index in [2.05, 4.69) is 61.5 Å². The first-order valence-corrected chi connectivity index (χ1v) is 7.72. The Morgan fingerprint density at radius 2 is 2.05 bits per heavy atom. The van der Waals surface area contributed by atoms with E-state index in [1.807, 2.05) is 16.9 Å². The van der Waals surface area contributed by atoms with E-state index in [9.17, 15) is 0 Å². The van der Waals surface area contributed by atoms with Gasteiger partial charge in [-0.2, -0.15) is 5.10 Å². The lowest BCUT2D eigenvalue weighted by molar-refractivity contribution is 0.657. The molecule has 1 aromatic heterocycles. The maximum atomic E-state index is 4.25. The highest BCUT2D eigenvalue weighted by atomic mass is 15.3. The standard InChI is InChI=1S/C18H25N3/c1-4-10-19-14-17(15(2)3)13-16-6-8-18(9-7-16)21-12-5-11-20-21/h5-9,11-13,15,19H,4,10,14H2,1-3H3. The third kappa shape index (κ3) is 4.57. The van der Waals surface area contributed by atoms with E-state index in [4.69, 9.17) is 0 Å². The van der Waals surface area contributed by atoms with E-state index in [1.54, 1.807) is 6.20 Å². The van der Waals surface area contributed by atoms with Crippen LogP contribution in [-0.4, -0.2) is 22.9 Å². The molecular formula is C18H25N3. The molecule has 0 spiro atoms.